The number of nitrogens with one attached hydrogen (secondary N) is 4. The van der Waals surface area contributed by atoms with E-state index in [9.17, 15) is 28.8 Å². The minimum Gasteiger partial charge on any atom is -0.478 e. The molecule has 3 fully saturated rings. The molecule has 1 atom stereocenters. The largest absolute Gasteiger partial charge is 0.478 e. The number of imide groups is 1. The Morgan fingerprint density at radius 3 is 2.33 bits per heavy atom. The van der Waals surface area contributed by atoms with Crippen molar-refractivity contribution in [3.8, 4) is 5.75 Å². The SMILES string of the molecule is CNC(=O)C(CCC=O)N1C(=O)c2ccc(C3CCNCC3)c(C)c2C1=O.CNC(=O)COc1cc2cc(Nc3nc(N4CCC(OC5CCC5)CC4)ncc3Cl)ccc2n(C(C)C)c1=O. The van der Waals surface area contributed by atoms with Gasteiger partial charge in [-0.2, -0.15) is 4.98 Å². The van der Waals surface area contributed by atoms with Crippen LogP contribution in [-0.4, -0.2) is 114 Å². The number of carbonyl (C=O) groups excluding carboxylic acids is 5. The van der Waals surface area contributed by atoms with Crippen LogP contribution in [0.25, 0.3) is 10.9 Å². The Morgan fingerprint density at radius 2 is 1.68 bits per heavy atom. The molecule has 18 heteroatoms. The maximum atomic E-state index is 13.1. The third-order valence-electron chi connectivity index (χ3n) is 12.9. The summed E-state index contributed by atoms with van der Waals surface area (Å²) in [7, 11) is 2.97. The first-order valence-corrected chi connectivity index (χ1v) is 23.3. The number of benzene rings is 2. The van der Waals surface area contributed by atoms with Gasteiger partial charge in [0.1, 0.15) is 17.4 Å². The summed E-state index contributed by atoms with van der Waals surface area (Å²) in [6.07, 6.45) is 10.8. The molecule has 4 amide bonds. The van der Waals surface area contributed by atoms with E-state index in [0.29, 0.717) is 52.3 Å². The highest BCUT2D eigenvalue weighted by Gasteiger charge is 2.44. The predicted molar refractivity (Wildman–Crippen MR) is 252 cm³/mol. The molecule has 4 N–H and O–H groups in total. The number of hydrogen-bond donors (Lipinski definition) is 4. The van der Waals surface area contributed by atoms with Gasteiger partial charge in [-0.25, -0.2) is 4.98 Å². The van der Waals surface area contributed by atoms with Crippen LogP contribution in [0.15, 0.2) is 47.4 Å². The van der Waals surface area contributed by atoms with E-state index in [-0.39, 0.29) is 42.7 Å². The average Bonchev–Trinajstić information content (AvgIpc) is 3.56. The lowest BCUT2D eigenvalue weighted by Gasteiger charge is -2.36. The van der Waals surface area contributed by atoms with Crippen molar-refractivity contribution in [1.29, 1.82) is 0 Å². The Balaban J connectivity index is 0.000000210. The van der Waals surface area contributed by atoms with Gasteiger partial charge in [-0.3, -0.25) is 28.9 Å². The number of aldehydes is 1. The molecule has 4 aromatic rings. The summed E-state index contributed by atoms with van der Waals surface area (Å²) >= 11 is 6.47. The van der Waals surface area contributed by atoms with E-state index in [1.165, 1.54) is 33.4 Å². The maximum Gasteiger partial charge on any atom is 0.293 e. The van der Waals surface area contributed by atoms with Crippen LogP contribution in [0.5, 0.6) is 5.75 Å². The van der Waals surface area contributed by atoms with Gasteiger partial charge in [0, 0.05) is 50.7 Å². The van der Waals surface area contributed by atoms with Crippen molar-refractivity contribution >= 4 is 69.9 Å². The highest BCUT2D eigenvalue weighted by atomic mass is 35.5. The van der Waals surface area contributed by atoms with Crippen molar-refractivity contribution in [2.45, 2.75) is 109 Å². The van der Waals surface area contributed by atoms with E-state index in [2.05, 4.69) is 31.2 Å². The fourth-order valence-electron chi connectivity index (χ4n) is 9.09. The molecule has 352 valence electrons. The summed E-state index contributed by atoms with van der Waals surface area (Å²) in [6, 6.07) is 9.89. The fraction of sp³-hybridized carbons (Fsp3) is 0.500. The number of aromatic nitrogens is 3. The minimum atomic E-state index is -0.977. The zero-order chi connectivity index (χ0) is 47.1. The van der Waals surface area contributed by atoms with E-state index in [1.807, 2.05) is 45.0 Å². The Labute approximate surface area is 389 Å². The molecule has 1 unspecified atom stereocenters. The van der Waals surface area contributed by atoms with Crippen molar-refractivity contribution in [2.75, 3.05) is 57.1 Å². The number of rotatable bonds is 15. The first-order chi connectivity index (χ1) is 31.8. The molecule has 0 bridgehead atoms. The summed E-state index contributed by atoms with van der Waals surface area (Å²) in [5.74, 6) is -0.0575. The van der Waals surface area contributed by atoms with Gasteiger partial charge in [-0.05, 0) is 133 Å². The first-order valence-electron chi connectivity index (χ1n) is 22.9. The topological polar surface area (TPSA) is 206 Å². The molecule has 5 heterocycles. The number of carbonyl (C=O) groups is 5. The van der Waals surface area contributed by atoms with Gasteiger partial charge in [-0.15, -0.1) is 0 Å². The molecular formula is C48H60ClN9O8. The summed E-state index contributed by atoms with van der Waals surface area (Å²) in [5.41, 5.74) is 3.88. The molecule has 17 nitrogen and oxygen atoms in total. The van der Waals surface area contributed by atoms with Crippen LogP contribution in [0, 0.1) is 6.92 Å². The number of hydrogen-bond acceptors (Lipinski definition) is 13. The third kappa shape index (κ3) is 10.5. The minimum absolute atomic E-state index is 0.102. The summed E-state index contributed by atoms with van der Waals surface area (Å²) in [5, 5.41) is 12.8. The van der Waals surface area contributed by atoms with Crippen LogP contribution in [0.1, 0.15) is 115 Å². The summed E-state index contributed by atoms with van der Waals surface area (Å²) in [6.45, 7) is 9.04. The van der Waals surface area contributed by atoms with Gasteiger partial charge in [-0.1, -0.05) is 17.7 Å². The van der Waals surface area contributed by atoms with Gasteiger partial charge in [0.15, 0.2) is 18.2 Å². The Kier molecular flexibility index (Phi) is 15.7. The number of piperidine rings is 2. The van der Waals surface area contributed by atoms with Crippen LogP contribution < -0.4 is 36.5 Å². The third-order valence-corrected chi connectivity index (χ3v) is 13.2. The van der Waals surface area contributed by atoms with Crippen molar-refractivity contribution in [2.24, 2.45) is 0 Å². The number of halogens is 1. The number of likely N-dealkylation sites (N-methyl/N-ethyl adjacent to an activating group) is 2. The van der Waals surface area contributed by atoms with E-state index in [0.717, 1.165) is 84.5 Å². The summed E-state index contributed by atoms with van der Waals surface area (Å²) < 4.78 is 13.4. The standard InChI is InChI=1S/C28H35ClN6O4.C20H25N3O4/c1-17(2)35-23-8-7-19(13-18(23)14-24(27(35)37)38-16-25(36)30-3)32-26-22(29)15-31-28(33-26)34-11-9-21(10-12-34)39-20-5-4-6-20;1-12-14(13-7-9-22-10-8-13)5-6-15-17(12)20(27)23(19(15)26)16(4-3-11-24)18(25)21-2/h7-8,13-15,17,20-21H,4-6,9-12,16H2,1-3H3,(H,30,36)(H,31,32,33);5-6,11,13,16,22H,3-4,7-10H2,1-2H3,(H,21,25). The summed E-state index contributed by atoms with van der Waals surface area (Å²) in [4.78, 5) is 86.2. The van der Waals surface area contributed by atoms with E-state index in [4.69, 9.17) is 26.1 Å². The number of anilines is 3. The van der Waals surface area contributed by atoms with Crippen molar-refractivity contribution in [3.05, 3.63) is 80.2 Å². The van der Waals surface area contributed by atoms with E-state index in [1.54, 1.807) is 22.9 Å². The molecule has 2 aromatic carbocycles. The number of pyridine rings is 1. The molecule has 1 aliphatic carbocycles. The number of fused-ring (bicyclic) bond motifs is 2. The molecule has 0 radical (unpaired) electrons. The highest BCUT2D eigenvalue weighted by molar-refractivity contribution is 6.33. The fourth-order valence-corrected chi connectivity index (χ4v) is 9.23. The van der Waals surface area contributed by atoms with Crippen LogP contribution >= 0.6 is 11.6 Å². The molecule has 66 heavy (non-hydrogen) atoms. The van der Waals surface area contributed by atoms with Crippen LogP contribution in [0.4, 0.5) is 17.5 Å². The Hall–Kier alpha value is -5.91. The zero-order valence-electron chi connectivity index (χ0n) is 38.3. The molecule has 2 aromatic heterocycles. The zero-order valence-corrected chi connectivity index (χ0v) is 39.0. The van der Waals surface area contributed by atoms with E-state index >= 15 is 0 Å². The van der Waals surface area contributed by atoms with Crippen LogP contribution in [-0.2, 0) is 19.1 Å². The Bertz CT molecular complexity index is 2510. The molecule has 3 aliphatic heterocycles. The van der Waals surface area contributed by atoms with Crippen molar-refractivity contribution in [1.82, 2.24) is 35.4 Å². The lowest BCUT2D eigenvalue weighted by molar-refractivity contribution is -0.125. The lowest BCUT2D eigenvalue weighted by Crippen LogP contribution is -2.48. The quantitative estimate of drug-likeness (QED) is 0.0850. The lowest BCUT2D eigenvalue weighted by atomic mass is 9.85. The van der Waals surface area contributed by atoms with E-state index < -0.39 is 23.8 Å². The molecular weight excluding hydrogens is 866 g/mol. The predicted octanol–water partition coefficient (Wildman–Crippen LogP) is 5.58. The smallest absolute Gasteiger partial charge is 0.293 e. The number of ether oxygens (including phenoxy) is 2. The number of nitrogens with zero attached hydrogens (tertiary/aromatic N) is 5. The van der Waals surface area contributed by atoms with Crippen molar-refractivity contribution < 1.29 is 33.4 Å². The Morgan fingerprint density at radius 1 is 0.955 bits per heavy atom. The average molecular weight is 927 g/mol. The van der Waals surface area contributed by atoms with Crippen molar-refractivity contribution in [3.63, 3.8) is 0 Å². The van der Waals surface area contributed by atoms with Gasteiger partial charge in [0.2, 0.25) is 11.9 Å². The maximum absolute atomic E-state index is 13.1. The second-order valence-electron chi connectivity index (χ2n) is 17.5. The normalized spacial score (nSPS) is 17.2. The van der Waals surface area contributed by atoms with Gasteiger partial charge >= 0.3 is 0 Å². The van der Waals surface area contributed by atoms with Crippen LogP contribution in [0.2, 0.25) is 5.02 Å². The first kappa shape index (κ1) is 48.0. The molecule has 0 spiro atoms. The number of amides is 4. The van der Waals surface area contributed by atoms with Crippen LogP contribution in [0.3, 0.4) is 0 Å². The van der Waals surface area contributed by atoms with Gasteiger partial charge < -0.3 is 45.0 Å². The van der Waals surface area contributed by atoms with Gasteiger partial charge in [0.25, 0.3) is 23.3 Å². The molecule has 1 saturated carbocycles. The second kappa shape index (κ2) is 21.6. The van der Waals surface area contributed by atoms with Gasteiger partial charge in [0.05, 0.1) is 35.0 Å². The molecule has 8 rings (SSSR count). The second-order valence-corrected chi connectivity index (χ2v) is 17.9. The highest BCUT2D eigenvalue weighted by Crippen LogP contribution is 2.36. The molecule has 2 saturated heterocycles. The monoisotopic (exact) mass is 925 g/mol. The molecule has 4 aliphatic rings.